The zero-order valence-corrected chi connectivity index (χ0v) is 11.7. The smallest absolute Gasteiger partial charge is 0.410 e. The molecule has 0 aromatic heterocycles. The minimum atomic E-state index is -3.99. The van der Waals surface area contributed by atoms with Gasteiger partial charge in [0.15, 0.2) is 0 Å². The van der Waals surface area contributed by atoms with Crippen LogP contribution in [0.4, 0.5) is 4.79 Å². The molecule has 7 heteroatoms. The van der Waals surface area contributed by atoms with Crippen LogP contribution in [0.3, 0.4) is 0 Å². The van der Waals surface area contributed by atoms with Crippen LogP contribution >= 0.6 is 0 Å². The Morgan fingerprint density at radius 1 is 1.50 bits per heavy atom. The van der Waals surface area contributed by atoms with Gasteiger partial charge in [-0.15, -0.1) is 0 Å². The summed E-state index contributed by atoms with van der Waals surface area (Å²) in [4.78, 5) is 13.2. The van der Waals surface area contributed by atoms with Crippen LogP contribution in [0.2, 0.25) is 0 Å². The molecule has 1 saturated heterocycles. The van der Waals surface area contributed by atoms with Crippen molar-refractivity contribution in [3.63, 3.8) is 0 Å². The van der Waals surface area contributed by atoms with E-state index in [0.29, 0.717) is 19.5 Å². The van der Waals surface area contributed by atoms with Gasteiger partial charge in [0.1, 0.15) is 5.60 Å². The predicted octanol–water partition coefficient (Wildman–Crippen LogP) is 1.44. The summed E-state index contributed by atoms with van der Waals surface area (Å²) in [6, 6.07) is 0. The van der Waals surface area contributed by atoms with Crippen LogP contribution in [-0.2, 0) is 14.9 Å². The first-order valence-corrected chi connectivity index (χ1v) is 7.29. The lowest BCUT2D eigenvalue weighted by atomic mass is 10.2. The largest absolute Gasteiger partial charge is 0.444 e. The van der Waals surface area contributed by atoms with E-state index in [2.05, 4.69) is 0 Å². The lowest BCUT2D eigenvalue weighted by Gasteiger charge is -2.23. The van der Waals surface area contributed by atoms with Gasteiger partial charge in [0.05, 0.1) is 5.75 Å². The van der Waals surface area contributed by atoms with Crippen LogP contribution < -0.4 is 0 Å². The summed E-state index contributed by atoms with van der Waals surface area (Å²) >= 11 is 0. The van der Waals surface area contributed by atoms with E-state index in [0.717, 1.165) is 5.57 Å². The standard InChI is InChI=1S/C11H19NO5S/c1-11(2,3)17-10(13)12-6-4-9(8-12)5-7-18(14,15)16/h5H,4,6-8H2,1-3H3,(H,14,15,16)/b9-5+. The summed E-state index contributed by atoms with van der Waals surface area (Å²) in [7, 11) is -3.99. The Morgan fingerprint density at radius 2 is 2.11 bits per heavy atom. The quantitative estimate of drug-likeness (QED) is 0.610. The van der Waals surface area contributed by atoms with Gasteiger partial charge in [-0.1, -0.05) is 11.6 Å². The highest BCUT2D eigenvalue weighted by atomic mass is 32.2. The normalized spacial score (nSPS) is 19.3. The number of likely N-dealkylation sites (tertiary alicyclic amines) is 1. The van der Waals surface area contributed by atoms with Gasteiger partial charge in [-0.05, 0) is 27.2 Å². The Kier molecular flexibility index (Phi) is 4.39. The first-order chi connectivity index (χ1) is 8.07. The van der Waals surface area contributed by atoms with Crippen LogP contribution in [0, 0.1) is 0 Å². The molecule has 18 heavy (non-hydrogen) atoms. The van der Waals surface area contributed by atoms with Crippen molar-refractivity contribution in [2.24, 2.45) is 0 Å². The molecule has 0 spiro atoms. The lowest BCUT2D eigenvalue weighted by Crippen LogP contribution is -2.34. The molecule has 0 saturated carbocycles. The molecule has 6 nitrogen and oxygen atoms in total. The number of carbonyl (C=O) groups is 1. The summed E-state index contributed by atoms with van der Waals surface area (Å²) in [5.41, 5.74) is 0.274. The Bertz CT molecular complexity index is 447. The summed E-state index contributed by atoms with van der Waals surface area (Å²) in [5, 5.41) is 0. The topological polar surface area (TPSA) is 83.9 Å². The van der Waals surface area contributed by atoms with Gasteiger partial charge in [-0.2, -0.15) is 8.42 Å². The maximum atomic E-state index is 11.7. The average Bonchev–Trinajstić information content (AvgIpc) is 2.58. The van der Waals surface area contributed by atoms with Crippen LogP contribution in [0.1, 0.15) is 27.2 Å². The van der Waals surface area contributed by atoms with Crippen molar-refractivity contribution in [3.8, 4) is 0 Å². The Labute approximate surface area is 107 Å². The van der Waals surface area contributed by atoms with Gasteiger partial charge in [0.25, 0.3) is 10.1 Å². The fraction of sp³-hybridized carbons (Fsp3) is 0.727. The maximum Gasteiger partial charge on any atom is 0.410 e. The highest BCUT2D eigenvalue weighted by Gasteiger charge is 2.26. The fourth-order valence-corrected chi connectivity index (χ4v) is 2.00. The number of rotatable bonds is 2. The molecule has 0 bridgehead atoms. The number of amides is 1. The molecule has 0 aromatic rings. The van der Waals surface area contributed by atoms with Crippen molar-refractivity contribution in [1.29, 1.82) is 0 Å². The molecule has 1 heterocycles. The van der Waals surface area contributed by atoms with E-state index >= 15 is 0 Å². The second kappa shape index (κ2) is 5.27. The molecule has 0 aromatic carbocycles. The van der Waals surface area contributed by atoms with Crippen molar-refractivity contribution in [1.82, 2.24) is 4.90 Å². The van der Waals surface area contributed by atoms with Gasteiger partial charge in [0.2, 0.25) is 0 Å². The molecule has 1 N–H and O–H groups in total. The SMILES string of the molecule is CC(C)(C)OC(=O)N1CC/C(=C\CS(=O)(=O)O)C1. The van der Waals surface area contributed by atoms with Crippen LogP contribution in [0.15, 0.2) is 11.6 Å². The fourth-order valence-electron chi connectivity index (χ4n) is 1.55. The number of carbonyl (C=O) groups excluding carboxylic acids is 1. The molecule has 0 aliphatic carbocycles. The van der Waals surface area contributed by atoms with Crippen LogP contribution in [-0.4, -0.2) is 48.4 Å². The molecular formula is C11H19NO5S. The Balaban J connectivity index is 2.54. The number of hydrogen-bond acceptors (Lipinski definition) is 4. The van der Waals surface area contributed by atoms with Crippen LogP contribution in [0.25, 0.3) is 0 Å². The highest BCUT2D eigenvalue weighted by Crippen LogP contribution is 2.18. The molecule has 1 aliphatic heterocycles. The third-order valence-corrected chi connectivity index (χ3v) is 2.92. The van der Waals surface area contributed by atoms with Crippen molar-refractivity contribution in [2.75, 3.05) is 18.8 Å². The molecule has 0 atom stereocenters. The molecule has 1 fully saturated rings. The third-order valence-electron chi connectivity index (χ3n) is 2.33. The van der Waals surface area contributed by atoms with Crippen molar-refractivity contribution in [3.05, 3.63) is 11.6 Å². The van der Waals surface area contributed by atoms with E-state index in [-0.39, 0.29) is 0 Å². The molecule has 0 unspecified atom stereocenters. The third kappa shape index (κ3) is 5.50. The van der Waals surface area contributed by atoms with Gasteiger partial charge in [0, 0.05) is 13.1 Å². The molecule has 1 rings (SSSR count). The highest BCUT2D eigenvalue weighted by molar-refractivity contribution is 7.85. The summed E-state index contributed by atoms with van der Waals surface area (Å²) in [5.74, 6) is -0.412. The van der Waals surface area contributed by atoms with E-state index in [1.54, 1.807) is 20.8 Å². The molecule has 104 valence electrons. The van der Waals surface area contributed by atoms with E-state index in [1.165, 1.54) is 11.0 Å². The number of nitrogens with zero attached hydrogens (tertiary/aromatic N) is 1. The summed E-state index contributed by atoms with van der Waals surface area (Å²) in [6.07, 6.45) is 1.65. The zero-order valence-electron chi connectivity index (χ0n) is 10.8. The molecule has 1 amide bonds. The minimum Gasteiger partial charge on any atom is -0.444 e. The molecule has 1 aliphatic rings. The van der Waals surface area contributed by atoms with Gasteiger partial charge < -0.3 is 9.64 Å². The van der Waals surface area contributed by atoms with Gasteiger partial charge in [-0.25, -0.2) is 4.79 Å². The van der Waals surface area contributed by atoms with E-state index in [1.807, 2.05) is 0 Å². The first-order valence-electron chi connectivity index (χ1n) is 5.68. The summed E-state index contributed by atoms with van der Waals surface area (Å²) in [6.45, 7) is 6.22. The number of hydrogen-bond donors (Lipinski definition) is 1. The van der Waals surface area contributed by atoms with E-state index in [4.69, 9.17) is 9.29 Å². The Morgan fingerprint density at radius 3 is 2.61 bits per heavy atom. The number of ether oxygens (including phenoxy) is 1. The molecular weight excluding hydrogens is 258 g/mol. The van der Waals surface area contributed by atoms with Crippen LogP contribution in [0.5, 0.6) is 0 Å². The van der Waals surface area contributed by atoms with Crippen molar-refractivity contribution < 1.29 is 22.5 Å². The first kappa shape index (κ1) is 15.0. The lowest BCUT2D eigenvalue weighted by molar-refractivity contribution is 0.0299. The summed E-state index contributed by atoms with van der Waals surface area (Å²) < 4.78 is 35.0. The molecule has 0 radical (unpaired) electrons. The minimum absolute atomic E-state index is 0.352. The average molecular weight is 277 g/mol. The second-order valence-corrected chi connectivity index (χ2v) is 6.76. The second-order valence-electron chi connectivity index (χ2n) is 5.26. The maximum absolute atomic E-state index is 11.7. The zero-order chi connectivity index (χ0) is 14.0. The Hall–Kier alpha value is -1.08. The van der Waals surface area contributed by atoms with E-state index in [9.17, 15) is 13.2 Å². The van der Waals surface area contributed by atoms with E-state index < -0.39 is 27.6 Å². The predicted molar refractivity (Wildman–Crippen MR) is 66.9 cm³/mol. The van der Waals surface area contributed by atoms with Gasteiger partial charge >= 0.3 is 6.09 Å². The van der Waals surface area contributed by atoms with Crippen molar-refractivity contribution in [2.45, 2.75) is 32.8 Å². The van der Waals surface area contributed by atoms with Crippen molar-refractivity contribution >= 4 is 16.2 Å². The van der Waals surface area contributed by atoms with Gasteiger partial charge in [-0.3, -0.25) is 4.55 Å². The monoisotopic (exact) mass is 277 g/mol.